The van der Waals surface area contributed by atoms with Crippen LogP contribution < -0.4 is 5.32 Å². The zero-order valence-corrected chi connectivity index (χ0v) is 9.99. The quantitative estimate of drug-likeness (QED) is 0.806. The molecule has 0 aliphatic rings. The van der Waals surface area contributed by atoms with Gasteiger partial charge in [0.05, 0.1) is 19.2 Å². The summed E-state index contributed by atoms with van der Waals surface area (Å²) in [6.07, 6.45) is 1.73. The molecule has 1 rings (SSSR count). The highest BCUT2D eigenvalue weighted by Gasteiger charge is 2.26. The first-order chi connectivity index (χ1) is 7.39. The first kappa shape index (κ1) is 12.8. The Morgan fingerprint density at radius 2 is 2.25 bits per heavy atom. The fraction of sp³-hybridized carbons (Fsp3) is 0.583. The summed E-state index contributed by atoms with van der Waals surface area (Å²) in [5.41, 5.74) is -0.0923. The van der Waals surface area contributed by atoms with Crippen molar-refractivity contribution in [1.82, 2.24) is 5.32 Å². The van der Waals surface area contributed by atoms with Crippen LogP contribution in [0.2, 0.25) is 0 Å². The second-order valence-electron chi connectivity index (χ2n) is 4.98. The number of carboxylic acids is 1. The lowest BCUT2D eigenvalue weighted by Crippen LogP contribution is -2.41. The summed E-state index contributed by atoms with van der Waals surface area (Å²) in [6, 6.07) is 3.61. The van der Waals surface area contributed by atoms with E-state index in [4.69, 9.17) is 9.52 Å². The Bertz CT molecular complexity index is 325. The van der Waals surface area contributed by atoms with Crippen molar-refractivity contribution in [2.45, 2.75) is 39.8 Å². The first-order valence-corrected chi connectivity index (χ1v) is 5.37. The van der Waals surface area contributed by atoms with Crippen LogP contribution >= 0.6 is 0 Å². The van der Waals surface area contributed by atoms with E-state index in [1.54, 1.807) is 6.26 Å². The van der Waals surface area contributed by atoms with Crippen LogP contribution in [0.25, 0.3) is 0 Å². The number of carboxylic acid groups (broad SMARTS) is 1. The third kappa shape index (κ3) is 4.06. The minimum absolute atomic E-state index is 0.0740. The lowest BCUT2D eigenvalue weighted by atomic mass is 9.85. The van der Waals surface area contributed by atoms with Crippen LogP contribution in [0.15, 0.2) is 22.8 Å². The summed E-state index contributed by atoms with van der Waals surface area (Å²) >= 11 is 0. The maximum absolute atomic E-state index is 10.8. The van der Waals surface area contributed by atoms with Crippen molar-refractivity contribution in [2.75, 3.05) is 0 Å². The Morgan fingerprint density at radius 3 is 2.69 bits per heavy atom. The van der Waals surface area contributed by atoms with Crippen molar-refractivity contribution >= 4 is 5.97 Å². The molecule has 0 aliphatic carbocycles. The van der Waals surface area contributed by atoms with Gasteiger partial charge in [-0.2, -0.15) is 0 Å². The molecular weight excluding hydrogens is 206 g/mol. The van der Waals surface area contributed by atoms with Gasteiger partial charge in [0.15, 0.2) is 0 Å². The minimum atomic E-state index is -0.785. The van der Waals surface area contributed by atoms with Gasteiger partial charge < -0.3 is 14.8 Å². The predicted octanol–water partition coefficient (Wildman–Crippen LogP) is 2.26. The highest BCUT2D eigenvalue weighted by Crippen LogP contribution is 2.22. The zero-order chi connectivity index (χ0) is 12.2. The van der Waals surface area contributed by atoms with Crippen LogP contribution in [0.3, 0.4) is 0 Å². The maximum atomic E-state index is 10.8. The average Bonchev–Trinajstić information content (AvgIpc) is 2.62. The van der Waals surface area contributed by atoms with Crippen molar-refractivity contribution < 1.29 is 14.3 Å². The van der Waals surface area contributed by atoms with E-state index in [1.165, 1.54) is 0 Å². The summed E-state index contributed by atoms with van der Waals surface area (Å²) in [4.78, 5) is 10.8. The molecule has 1 heterocycles. The highest BCUT2D eigenvalue weighted by atomic mass is 16.4. The molecular formula is C12H19NO3. The Morgan fingerprint density at radius 1 is 1.56 bits per heavy atom. The van der Waals surface area contributed by atoms with Crippen molar-refractivity contribution in [3.05, 3.63) is 24.2 Å². The molecule has 1 aromatic rings. The largest absolute Gasteiger partial charge is 0.481 e. The average molecular weight is 225 g/mol. The lowest BCUT2D eigenvalue weighted by Gasteiger charge is -2.30. The molecule has 1 unspecified atom stereocenters. The van der Waals surface area contributed by atoms with Gasteiger partial charge in [0.2, 0.25) is 0 Å². The van der Waals surface area contributed by atoms with Crippen molar-refractivity contribution in [3.8, 4) is 0 Å². The molecule has 0 saturated carbocycles. The molecule has 90 valence electrons. The number of hydrogen-bond acceptors (Lipinski definition) is 3. The van der Waals surface area contributed by atoms with E-state index in [0.29, 0.717) is 6.54 Å². The van der Waals surface area contributed by atoms with Crippen LogP contribution in [-0.4, -0.2) is 17.1 Å². The maximum Gasteiger partial charge on any atom is 0.304 e. The molecule has 0 bridgehead atoms. The van der Waals surface area contributed by atoms with Crippen LogP contribution in [0.5, 0.6) is 0 Å². The van der Waals surface area contributed by atoms with Gasteiger partial charge in [-0.25, -0.2) is 0 Å². The van der Waals surface area contributed by atoms with Crippen LogP contribution in [0.4, 0.5) is 0 Å². The zero-order valence-electron chi connectivity index (χ0n) is 9.99. The van der Waals surface area contributed by atoms with Crippen molar-refractivity contribution in [2.24, 2.45) is 5.41 Å². The Labute approximate surface area is 95.7 Å². The van der Waals surface area contributed by atoms with E-state index >= 15 is 0 Å². The molecule has 0 amide bonds. The number of carbonyl (C=O) groups is 1. The molecule has 0 spiro atoms. The molecule has 4 nitrogen and oxygen atoms in total. The third-order valence-corrected chi connectivity index (χ3v) is 2.53. The van der Waals surface area contributed by atoms with Gasteiger partial charge in [-0.3, -0.25) is 4.79 Å². The summed E-state index contributed by atoms with van der Waals surface area (Å²) in [5.74, 6) is 0.0338. The van der Waals surface area contributed by atoms with Gasteiger partial charge in [-0.1, -0.05) is 20.8 Å². The Hall–Kier alpha value is -1.29. The van der Waals surface area contributed by atoms with E-state index in [9.17, 15) is 4.79 Å². The number of nitrogens with one attached hydrogen (secondary N) is 1. The smallest absolute Gasteiger partial charge is 0.304 e. The molecule has 0 aliphatic heterocycles. The Balaban J connectivity index is 2.54. The third-order valence-electron chi connectivity index (χ3n) is 2.53. The van der Waals surface area contributed by atoms with Gasteiger partial charge in [0.25, 0.3) is 0 Å². The molecule has 2 N–H and O–H groups in total. The topological polar surface area (TPSA) is 62.5 Å². The molecule has 0 aromatic carbocycles. The van der Waals surface area contributed by atoms with Gasteiger partial charge in [0.1, 0.15) is 5.76 Å². The summed E-state index contributed by atoms with van der Waals surface area (Å²) in [6.45, 7) is 6.63. The van der Waals surface area contributed by atoms with Crippen molar-refractivity contribution in [1.29, 1.82) is 0 Å². The molecule has 4 heteroatoms. The summed E-state index contributed by atoms with van der Waals surface area (Å²) in [5, 5.41) is 12.1. The van der Waals surface area contributed by atoms with Crippen LogP contribution in [0.1, 0.15) is 33.0 Å². The Kier molecular flexibility index (Phi) is 4.12. The first-order valence-electron chi connectivity index (χ1n) is 5.37. The summed E-state index contributed by atoms with van der Waals surface area (Å²) < 4.78 is 5.19. The van der Waals surface area contributed by atoms with E-state index in [0.717, 1.165) is 5.76 Å². The molecule has 1 aromatic heterocycles. The second-order valence-corrected chi connectivity index (χ2v) is 4.98. The van der Waals surface area contributed by atoms with Crippen molar-refractivity contribution in [3.63, 3.8) is 0 Å². The van der Waals surface area contributed by atoms with Crippen LogP contribution in [-0.2, 0) is 11.3 Å². The lowest BCUT2D eigenvalue weighted by molar-refractivity contribution is -0.138. The monoisotopic (exact) mass is 225 g/mol. The molecule has 16 heavy (non-hydrogen) atoms. The molecule has 1 atom stereocenters. The normalized spacial score (nSPS) is 13.7. The van der Waals surface area contributed by atoms with E-state index in [2.05, 4.69) is 5.32 Å². The van der Waals surface area contributed by atoms with Crippen LogP contribution in [0, 0.1) is 5.41 Å². The van der Waals surface area contributed by atoms with E-state index in [1.807, 2.05) is 32.9 Å². The van der Waals surface area contributed by atoms with Gasteiger partial charge in [-0.15, -0.1) is 0 Å². The number of aliphatic carboxylic acids is 1. The van der Waals surface area contributed by atoms with Gasteiger partial charge in [-0.05, 0) is 17.5 Å². The number of furan rings is 1. The SMILES string of the molecule is CC(C)(C)C(CC(=O)O)NCc1ccco1. The molecule has 0 saturated heterocycles. The standard InChI is InChI=1S/C12H19NO3/c1-12(2,3)10(7-11(14)15)13-8-9-5-4-6-16-9/h4-6,10,13H,7-8H2,1-3H3,(H,14,15). The summed E-state index contributed by atoms with van der Waals surface area (Å²) in [7, 11) is 0. The molecule has 0 radical (unpaired) electrons. The highest BCUT2D eigenvalue weighted by molar-refractivity contribution is 5.67. The number of hydrogen-bond donors (Lipinski definition) is 2. The fourth-order valence-corrected chi connectivity index (χ4v) is 1.50. The second kappa shape index (κ2) is 5.16. The number of rotatable bonds is 5. The fourth-order valence-electron chi connectivity index (χ4n) is 1.50. The van der Waals surface area contributed by atoms with E-state index < -0.39 is 5.97 Å². The van der Waals surface area contributed by atoms with Gasteiger partial charge >= 0.3 is 5.97 Å². The van der Waals surface area contributed by atoms with E-state index in [-0.39, 0.29) is 17.9 Å². The van der Waals surface area contributed by atoms with Gasteiger partial charge in [0, 0.05) is 6.04 Å². The minimum Gasteiger partial charge on any atom is -0.481 e. The molecule has 0 fully saturated rings. The predicted molar refractivity (Wildman–Crippen MR) is 61.0 cm³/mol.